The summed E-state index contributed by atoms with van der Waals surface area (Å²) in [7, 11) is 1.78. The predicted molar refractivity (Wildman–Crippen MR) is 57.4 cm³/mol. The predicted octanol–water partition coefficient (Wildman–Crippen LogP) is 1.54. The minimum atomic E-state index is -0.227. The average molecular weight is 207 g/mol. The standard InChI is InChI=1S/C10H13N3O2/c1-7(14)9(8(2)15)6-11-10-4-5-13(3)12-10/h4-6,14H,1-3H3/b9-7+,11-6?. The van der Waals surface area contributed by atoms with E-state index in [1.54, 1.807) is 24.0 Å². The molecule has 1 aromatic rings. The number of carbonyl (C=O) groups excluding carboxylic acids is 1. The summed E-state index contributed by atoms with van der Waals surface area (Å²) in [6, 6.07) is 1.71. The van der Waals surface area contributed by atoms with E-state index in [1.165, 1.54) is 20.1 Å². The van der Waals surface area contributed by atoms with Crippen molar-refractivity contribution in [1.29, 1.82) is 0 Å². The van der Waals surface area contributed by atoms with Gasteiger partial charge in [0, 0.05) is 25.5 Å². The number of aryl methyl sites for hydroxylation is 1. The minimum absolute atomic E-state index is 0.0396. The van der Waals surface area contributed by atoms with Gasteiger partial charge in [-0.15, -0.1) is 0 Å². The van der Waals surface area contributed by atoms with Crippen LogP contribution >= 0.6 is 0 Å². The monoisotopic (exact) mass is 207 g/mol. The molecule has 80 valence electrons. The van der Waals surface area contributed by atoms with Crippen LogP contribution in [0.5, 0.6) is 0 Å². The fraction of sp³-hybridized carbons (Fsp3) is 0.300. The van der Waals surface area contributed by atoms with E-state index in [0.717, 1.165) is 0 Å². The van der Waals surface area contributed by atoms with Crippen LogP contribution in [0.3, 0.4) is 0 Å². The zero-order valence-electron chi connectivity index (χ0n) is 8.93. The molecule has 1 N–H and O–H groups in total. The smallest absolute Gasteiger partial charge is 0.173 e. The number of aliphatic imine (C=N–C) groups is 1. The maximum absolute atomic E-state index is 11.1. The van der Waals surface area contributed by atoms with E-state index >= 15 is 0 Å². The number of aliphatic hydroxyl groups is 1. The topological polar surface area (TPSA) is 67.5 Å². The SMILES string of the molecule is CC(=O)/C(C=Nc1ccn(C)n1)=C(\C)O. The van der Waals surface area contributed by atoms with Crippen LogP contribution in [0.1, 0.15) is 13.8 Å². The largest absolute Gasteiger partial charge is 0.512 e. The molecule has 0 spiro atoms. The number of carbonyl (C=O) groups is 1. The number of hydrogen-bond acceptors (Lipinski definition) is 4. The first-order valence-electron chi connectivity index (χ1n) is 4.45. The van der Waals surface area contributed by atoms with Crippen molar-refractivity contribution in [1.82, 2.24) is 9.78 Å². The summed E-state index contributed by atoms with van der Waals surface area (Å²) in [5.74, 6) is 0.231. The van der Waals surface area contributed by atoms with Crippen LogP contribution in [0.25, 0.3) is 0 Å². The van der Waals surface area contributed by atoms with Crippen molar-refractivity contribution in [2.75, 3.05) is 0 Å². The number of rotatable bonds is 3. The fourth-order valence-corrected chi connectivity index (χ4v) is 1.04. The van der Waals surface area contributed by atoms with Gasteiger partial charge in [0.25, 0.3) is 0 Å². The Hall–Kier alpha value is -1.91. The first kappa shape index (κ1) is 11.2. The zero-order chi connectivity index (χ0) is 11.4. The second-order valence-corrected chi connectivity index (χ2v) is 3.16. The van der Waals surface area contributed by atoms with Crippen LogP contribution in [0.2, 0.25) is 0 Å². The lowest BCUT2D eigenvalue weighted by molar-refractivity contribution is -0.113. The highest BCUT2D eigenvalue weighted by molar-refractivity contribution is 6.12. The molecule has 0 atom stereocenters. The molecule has 0 saturated heterocycles. The van der Waals surface area contributed by atoms with Crippen molar-refractivity contribution in [3.8, 4) is 0 Å². The fourth-order valence-electron chi connectivity index (χ4n) is 1.04. The molecule has 1 rings (SSSR count). The van der Waals surface area contributed by atoms with Crippen molar-refractivity contribution in [3.05, 3.63) is 23.6 Å². The van der Waals surface area contributed by atoms with Crippen molar-refractivity contribution in [3.63, 3.8) is 0 Å². The molecule has 1 aromatic heterocycles. The number of ketones is 1. The van der Waals surface area contributed by atoms with E-state index in [1.807, 2.05) is 0 Å². The van der Waals surface area contributed by atoms with Gasteiger partial charge in [-0.25, -0.2) is 4.99 Å². The maximum Gasteiger partial charge on any atom is 0.173 e. The number of aliphatic hydroxyl groups excluding tert-OH is 1. The van der Waals surface area contributed by atoms with Gasteiger partial charge in [-0.05, 0) is 13.8 Å². The highest BCUT2D eigenvalue weighted by Gasteiger charge is 2.04. The Bertz CT molecular complexity index is 426. The van der Waals surface area contributed by atoms with Crippen LogP contribution in [0.15, 0.2) is 28.6 Å². The third-order valence-electron chi connectivity index (χ3n) is 1.79. The van der Waals surface area contributed by atoms with Crippen LogP contribution < -0.4 is 0 Å². The summed E-state index contributed by atoms with van der Waals surface area (Å²) in [5, 5.41) is 13.2. The van der Waals surface area contributed by atoms with Gasteiger partial charge in [-0.2, -0.15) is 5.10 Å². The number of aromatic nitrogens is 2. The van der Waals surface area contributed by atoms with Crippen LogP contribution in [-0.4, -0.2) is 26.9 Å². The molecular weight excluding hydrogens is 194 g/mol. The molecule has 0 aliphatic rings. The number of allylic oxidation sites excluding steroid dienone is 2. The molecule has 0 aliphatic heterocycles. The number of nitrogens with zero attached hydrogens (tertiary/aromatic N) is 3. The quantitative estimate of drug-likeness (QED) is 0.464. The van der Waals surface area contributed by atoms with Crippen molar-refractivity contribution in [2.24, 2.45) is 12.0 Å². The molecule has 0 amide bonds. The normalized spacial score (nSPS) is 13.0. The van der Waals surface area contributed by atoms with E-state index in [4.69, 9.17) is 0 Å². The van der Waals surface area contributed by atoms with Gasteiger partial charge in [0.15, 0.2) is 11.6 Å². The van der Waals surface area contributed by atoms with Gasteiger partial charge in [-0.3, -0.25) is 9.48 Å². The molecule has 15 heavy (non-hydrogen) atoms. The van der Waals surface area contributed by atoms with Gasteiger partial charge in [0.2, 0.25) is 0 Å². The summed E-state index contributed by atoms with van der Waals surface area (Å²) in [5.41, 5.74) is 0.195. The third-order valence-corrected chi connectivity index (χ3v) is 1.79. The van der Waals surface area contributed by atoms with Crippen LogP contribution in [0.4, 0.5) is 5.82 Å². The van der Waals surface area contributed by atoms with E-state index in [0.29, 0.717) is 5.82 Å². The zero-order valence-corrected chi connectivity index (χ0v) is 8.93. The Morgan fingerprint density at radius 2 is 2.27 bits per heavy atom. The van der Waals surface area contributed by atoms with Crippen molar-refractivity contribution in [2.45, 2.75) is 13.8 Å². The molecule has 0 aromatic carbocycles. The maximum atomic E-state index is 11.1. The van der Waals surface area contributed by atoms with Crippen LogP contribution in [0, 0.1) is 0 Å². The Morgan fingerprint density at radius 1 is 1.60 bits per heavy atom. The summed E-state index contributed by atoms with van der Waals surface area (Å²) >= 11 is 0. The molecule has 0 aliphatic carbocycles. The molecule has 0 radical (unpaired) electrons. The Balaban J connectivity index is 2.89. The second kappa shape index (κ2) is 4.54. The van der Waals surface area contributed by atoms with E-state index in [2.05, 4.69) is 10.1 Å². The molecule has 0 saturated carbocycles. The number of Topliss-reactive ketones (excluding diaryl/α,β-unsaturated/α-hetero) is 1. The first-order chi connectivity index (χ1) is 7.00. The molecule has 0 bridgehead atoms. The first-order valence-corrected chi connectivity index (χ1v) is 4.45. The third kappa shape index (κ3) is 3.05. The van der Waals surface area contributed by atoms with Gasteiger partial charge in [0.05, 0.1) is 5.57 Å². The molecule has 1 heterocycles. The summed E-state index contributed by atoms with van der Waals surface area (Å²) in [6.07, 6.45) is 3.07. The van der Waals surface area contributed by atoms with Crippen molar-refractivity contribution < 1.29 is 9.90 Å². The van der Waals surface area contributed by atoms with E-state index < -0.39 is 0 Å². The average Bonchev–Trinajstić information content (AvgIpc) is 2.50. The Kier molecular flexibility index (Phi) is 3.38. The van der Waals surface area contributed by atoms with Gasteiger partial charge < -0.3 is 5.11 Å². The lowest BCUT2D eigenvalue weighted by Crippen LogP contribution is -2.01. The lowest BCUT2D eigenvalue weighted by atomic mass is 10.2. The van der Waals surface area contributed by atoms with Gasteiger partial charge >= 0.3 is 0 Å². The molecule has 0 unspecified atom stereocenters. The second-order valence-electron chi connectivity index (χ2n) is 3.16. The van der Waals surface area contributed by atoms with Crippen molar-refractivity contribution >= 4 is 17.8 Å². The number of hydrogen-bond donors (Lipinski definition) is 1. The Labute approximate surface area is 87.8 Å². The van der Waals surface area contributed by atoms with E-state index in [-0.39, 0.29) is 17.1 Å². The Morgan fingerprint density at radius 3 is 2.67 bits per heavy atom. The highest BCUT2D eigenvalue weighted by Crippen LogP contribution is 2.07. The summed E-state index contributed by atoms with van der Waals surface area (Å²) in [6.45, 7) is 2.82. The van der Waals surface area contributed by atoms with Crippen LogP contribution in [-0.2, 0) is 11.8 Å². The minimum Gasteiger partial charge on any atom is -0.512 e. The van der Waals surface area contributed by atoms with E-state index in [9.17, 15) is 9.90 Å². The van der Waals surface area contributed by atoms with Gasteiger partial charge in [0.1, 0.15) is 5.76 Å². The molecule has 0 fully saturated rings. The summed E-state index contributed by atoms with van der Waals surface area (Å²) in [4.78, 5) is 15.1. The summed E-state index contributed by atoms with van der Waals surface area (Å²) < 4.78 is 1.61. The van der Waals surface area contributed by atoms with Gasteiger partial charge in [-0.1, -0.05) is 0 Å². The highest BCUT2D eigenvalue weighted by atomic mass is 16.3. The lowest BCUT2D eigenvalue weighted by Gasteiger charge is -1.96. The molecule has 5 nitrogen and oxygen atoms in total. The molecular formula is C10H13N3O2. The molecule has 5 heteroatoms.